The first-order valence-electron chi connectivity index (χ1n) is 7.66. The van der Waals surface area contributed by atoms with Crippen LogP contribution in [0.25, 0.3) is 0 Å². The number of halogens is 1. The highest BCUT2D eigenvalue weighted by atomic mass is 35.5. The van der Waals surface area contributed by atoms with Gasteiger partial charge >= 0.3 is 0 Å². The van der Waals surface area contributed by atoms with E-state index in [1.807, 2.05) is 12.1 Å². The van der Waals surface area contributed by atoms with E-state index in [2.05, 4.69) is 34.0 Å². The van der Waals surface area contributed by atoms with Crippen LogP contribution in [0.5, 0.6) is 0 Å². The van der Waals surface area contributed by atoms with Gasteiger partial charge in [-0.1, -0.05) is 23.7 Å². The molecule has 5 nitrogen and oxygen atoms in total. The Kier molecular flexibility index (Phi) is 5.93. The van der Waals surface area contributed by atoms with Crippen molar-refractivity contribution in [1.29, 1.82) is 0 Å². The van der Waals surface area contributed by atoms with Crippen molar-refractivity contribution in [2.75, 3.05) is 18.0 Å². The molecule has 1 aromatic carbocycles. The van der Waals surface area contributed by atoms with Crippen molar-refractivity contribution in [3.63, 3.8) is 0 Å². The molecule has 0 radical (unpaired) electrons. The molecule has 0 aliphatic carbocycles. The summed E-state index contributed by atoms with van der Waals surface area (Å²) in [6, 6.07) is 9.11. The molecule has 0 saturated carbocycles. The first-order valence-corrected chi connectivity index (χ1v) is 8.04. The maximum atomic E-state index is 12.3. The summed E-state index contributed by atoms with van der Waals surface area (Å²) in [5.41, 5.74) is 1.37. The van der Waals surface area contributed by atoms with Gasteiger partial charge in [0.25, 0.3) is 5.91 Å². The number of aromatic nitrogens is 2. The fraction of sp³-hybridized carbons (Fsp3) is 0.353. The number of nitrogens with zero attached hydrogens (tertiary/aromatic N) is 3. The molecule has 2 rings (SSSR count). The van der Waals surface area contributed by atoms with Crippen LogP contribution in [0.1, 0.15) is 35.7 Å². The average molecular weight is 333 g/mol. The molecule has 23 heavy (non-hydrogen) atoms. The zero-order valence-corrected chi connectivity index (χ0v) is 14.4. The van der Waals surface area contributed by atoms with Gasteiger partial charge in [-0.2, -0.15) is 0 Å². The van der Waals surface area contributed by atoms with Crippen molar-refractivity contribution in [2.24, 2.45) is 0 Å². The highest BCUT2D eigenvalue weighted by molar-refractivity contribution is 6.30. The van der Waals surface area contributed by atoms with Crippen LogP contribution in [-0.2, 0) is 6.54 Å². The lowest BCUT2D eigenvalue weighted by Gasteiger charge is -2.20. The highest BCUT2D eigenvalue weighted by Gasteiger charge is 2.13. The van der Waals surface area contributed by atoms with Gasteiger partial charge in [-0.05, 0) is 38.5 Å². The largest absolute Gasteiger partial charge is 0.357 e. The van der Waals surface area contributed by atoms with E-state index in [9.17, 15) is 4.79 Å². The molecule has 1 amide bonds. The Morgan fingerprint density at radius 3 is 2.43 bits per heavy atom. The second-order valence-corrected chi connectivity index (χ2v) is 5.58. The SMILES string of the molecule is CCN(CC)c1cc(C(=O)NCc2ccc(Cl)cc2)nc(C)n1. The summed E-state index contributed by atoms with van der Waals surface area (Å²) in [6.45, 7) is 8.00. The molecule has 0 bridgehead atoms. The molecule has 1 heterocycles. The first-order chi connectivity index (χ1) is 11.0. The minimum Gasteiger partial charge on any atom is -0.357 e. The van der Waals surface area contributed by atoms with E-state index in [0.717, 1.165) is 24.5 Å². The van der Waals surface area contributed by atoms with Crippen LogP contribution in [0.2, 0.25) is 5.02 Å². The number of hydrogen-bond acceptors (Lipinski definition) is 4. The van der Waals surface area contributed by atoms with E-state index in [1.54, 1.807) is 25.1 Å². The molecule has 2 aromatic rings. The Labute approximate surface area is 141 Å². The number of nitrogens with one attached hydrogen (secondary N) is 1. The lowest BCUT2D eigenvalue weighted by Crippen LogP contribution is -2.27. The van der Waals surface area contributed by atoms with Crippen LogP contribution in [0.4, 0.5) is 5.82 Å². The van der Waals surface area contributed by atoms with Crippen molar-refractivity contribution < 1.29 is 4.79 Å². The summed E-state index contributed by atoms with van der Waals surface area (Å²) in [5.74, 6) is 1.16. The molecular formula is C17H21ClN4O. The van der Waals surface area contributed by atoms with Crippen molar-refractivity contribution in [2.45, 2.75) is 27.3 Å². The standard InChI is InChI=1S/C17H21ClN4O/c1-4-22(5-2)16-10-15(20-12(3)21-16)17(23)19-11-13-6-8-14(18)9-7-13/h6-10H,4-5,11H2,1-3H3,(H,19,23). The molecule has 1 aromatic heterocycles. The Bertz CT molecular complexity index is 669. The normalized spacial score (nSPS) is 10.4. The van der Waals surface area contributed by atoms with Gasteiger partial charge in [0, 0.05) is 30.7 Å². The molecule has 0 atom stereocenters. The lowest BCUT2D eigenvalue weighted by molar-refractivity contribution is 0.0945. The van der Waals surface area contributed by atoms with E-state index in [0.29, 0.717) is 23.1 Å². The molecule has 122 valence electrons. The third-order valence-electron chi connectivity index (χ3n) is 3.51. The molecule has 0 spiro atoms. The number of benzene rings is 1. The van der Waals surface area contributed by atoms with Gasteiger partial charge in [-0.25, -0.2) is 9.97 Å². The Morgan fingerprint density at radius 2 is 1.83 bits per heavy atom. The van der Waals surface area contributed by atoms with Crippen molar-refractivity contribution in [3.8, 4) is 0 Å². The number of aryl methyl sites for hydroxylation is 1. The van der Waals surface area contributed by atoms with Gasteiger partial charge in [0.15, 0.2) is 0 Å². The molecule has 0 saturated heterocycles. The van der Waals surface area contributed by atoms with Gasteiger partial charge in [0.2, 0.25) is 0 Å². The van der Waals surface area contributed by atoms with Gasteiger partial charge in [-0.15, -0.1) is 0 Å². The van der Waals surface area contributed by atoms with Crippen LogP contribution in [0.3, 0.4) is 0 Å². The Hall–Kier alpha value is -2.14. The predicted octanol–water partition coefficient (Wildman–Crippen LogP) is 3.21. The van der Waals surface area contributed by atoms with Gasteiger partial charge in [0.1, 0.15) is 17.3 Å². The molecular weight excluding hydrogens is 312 g/mol. The predicted molar refractivity (Wildman–Crippen MR) is 93.0 cm³/mol. The van der Waals surface area contributed by atoms with Crippen LogP contribution in [0.15, 0.2) is 30.3 Å². The molecule has 6 heteroatoms. The maximum absolute atomic E-state index is 12.3. The van der Waals surface area contributed by atoms with Crippen molar-refractivity contribution in [3.05, 3.63) is 52.4 Å². The number of hydrogen-bond donors (Lipinski definition) is 1. The quantitative estimate of drug-likeness (QED) is 0.882. The van der Waals surface area contributed by atoms with Gasteiger partial charge in [0.05, 0.1) is 0 Å². The van der Waals surface area contributed by atoms with Crippen LogP contribution in [0, 0.1) is 6.92 Å². The molecule has 1 N–H and O–H groups in total. The van der Waals surface area contributed by atoms with Gasteiger partial charge < -0.3 is 10.2 Å². The molecule has 0 aliphatic heterocycles. The summed E-state index contributed by atoms with van der Waals surface area (Å²) in [4.78, 5) is 23.1. The van der Waals surface area contributed by atoms with Crippen LogP contribution >= 0.6 is 11.6 Å². The average Bonchev–Trinajstić information content (AvgIpc) is 2.54. The van der Waals surface area contributed by atoms with E-state index in [4.69, 9.17) is 11.6 Å². The fourth-order valence-electron chi connectivity index (χ4n) is 2.25. The lowest BCUT2D eigenvalue weighted by atomic mass is 10.2. The minimum absolute atomic E-state index is 0.209. The van der Waals surface area contributed by atoms with E-state index < -0.39 is 0 Å². The minimum atomic E-state index is -0.209. The monoisotopic (exact) mass is 332 g/mol. The maximum Gasteiger partial charge on any atom is 0.270 e. The summed E-state index contributed by atoms with van der Waals surface area (Å²) in [7, 11) is 0. The zero-order chi connectivity index (χ0) is 16.8. The topological polar surface area (TPSA) is 58.1 Å². The van der Waals surface area contributed by atoms with Crippen molar-refractivity contribution >= 4 is 23.3 Å². The van der Waals surface area contributed by atoms with Crippen molar-refractivity contribution in [1.82, 2.24) is 15.3 Å². The second-order valence-electron chi connectivity index (χ2n) is 5.14. The third kappa shape index (κ3) is 4.66. The Balaban J connectivity index is 2.10. The number of anilines is 1. The zero-order valence-electron chi connectivity index (χ0n) is 13.6. The van der Waals surface area contributed by atoms with Crippen LogP contribution in [-0.4, -0.2) is 29.0 Å². The van der Waals surface area contributed by atoms with Gasteiger partial charge in [-0.3, -0.25) is 4.79 Å². The summed E-state index contributed by atoms with van der Waals surface area (Å²) in [6.07, 6.45) is 0. The summed E-state index contributed by atoms with van der Waals surface area (Å²) in [5, 5.41) is 3.55. The van der Waals surface area contributed by atoms with E-state index in [-0.39, 0.29) is 5.91 Å². The number of amides is 1. The van der Waals surface area contributed by atoms with Crippen LogP contribution < -0.4 is 10.2 Å². The third-order valence-corrected chi connectivity index (χ3v) is 3.76. The molecule has 0 fully saturated rings. The molecule has 0 unspecified atom stereocenters. The Morgan fingerprint density at radius 1 is 1.17 bits per heavy atom. The molecule has 0 aliphatic rings. The number of rotatable bonds is 6. The second kappa shape index (κ2) is 7.92. The number of carbonyl (C=O) groups is 1. The van der Waals surface area contributed by atoms with E-state index in [1.165, 1.54) is 0 Å². The summed E-state index contributed by atoms with van der Waals surface area (Å²) >= 11 is 5.85. The smallest absolute Gasteiger partial charge is 0.270 e. The number of carbonyl (C=O) groups excluding carboxylic acids is 1. The highest BCUT2D eigenvalue weighted by Crippen LogP contribution is 2.13. The fourth-order valence-corrected chi connectivity index (χ4v) is 2.38. The first kappa shape index (κ1) is 17.2. The summed E-state index contributed by atoms with van der Waals surface area (Å²) < 4.78 is 0. The van der Waals surface area contributed by atoms with E-state index >= 15 is 0 Å².